The molecule has 2 aliphatic heterocycles. The van der Waals surface area contributed by atoms with Gasteiger partial charge in [-0.3, -0.25) is 4.79 Å². The topological polar surface area (TPSA) is 68.2 Å². The predicted molar refractivity (Wildman–Crippen MR) is 90.1 cm³/mol. The summed E-state index contributed by atoms with van der Waals surface area (Å²) in [5.74, 6) is 1.89. The van der Waals surface area contributed by atoms with Crippen molar-refractivity contribution in [2.75, 3.05) is 27.1 Å². The van der Waals surface area contributed by atoms with Gasteiger partial charge in [-0.15, -0.1) is 0 Å². The molecule has 6 heteroatoms. The molecular weight excluding hydrogens is 322 g/mol. The minimum absolute atomic E-state index is 0.124. The van der Waals surface area contributed by atoms with E-state index in [-0.39, 0.29) is 19.3 Å². The second-order valence-corrected chi connectivity index (χ2v) is 6.08. The van der Waals surface area contributed by atoms with E-state index < -0.39 is 6.04 Å². The number of rotatable bonds is 3. The molecule has 1 unspecified atom stereocenters. The van der Waals surface area contributed by atoms with Gasteiger partial charge in [0.1, 0.15) is 5.75 Å². The molecule has 2 aliphatic rings. The maximum Gasteiger partial charge on any atom is 0.254 e. The molecule has 0 saturated carbocycles. The summed E-state index contributed by atoms with van der Waals surface area (Å²) >= 11 is 0. The fraction of sp³-hybridized carbons (Fsp3) is 0.316. The largest absolute Gasteiger partial charge is 0.497 e. The molecule has 130 valence electrons. The number of fused-ring (bicyclic) bond motifs is 2. The van der Waals surface area contributed by atoms with Crippen molar-refractivity contribution in [1.29, 1.82) is 0 Å². The highest BCUT2D eigenvalue weighted by Gasteiger charge is 2.33. The normalized spacial score (nSPS) is 18.0. The number of methoxy groups -OCH3 is 1. The average Bonchev–Trinajstić information content (AvgIpc) is 3.12. The third-order valence-corrected chi connectivity index (χ3v) is 4.74. The molecule has 1 atom stereocenters. The Labute approximate surface area is 145 Å². The maximum atomic E-state index is 13.0. The number of ether oxygens (including phenoxy) is 3. The van der Waals surface area contributed by atoms with Crippen molar-refractivity contribution in [2.24, 2.45) is 0 Å². The zero-order valence-corrected chi connectivity index (χ0v) is 13.9. The Morgan fingerprint density at radius 1 is 1.28 bits per heavy atom. The van der Waals surface area contributed by atoms with Gasteiger partial charge in [0.15, 0.2) is 11.5 Å². The number of aliphatic hydroxyl groups is 1. The summed E-state index contributed by atoms with van der Waals surface area (Å²) < 4.78 is 16.1. The Morgan fingerprint density at radius 2 is 2.08 bits per heavy atom. The van der Waals surface area contributed by atoms with Crippen LogP contribution in [0.1, 0.15) is 27.5 Å². The summed E-state index contributed by atoms with van der Waals surface area (Å²) in [4.78, 5) is 14.7. The highest BCUT2D eigenvalue weighted by molar-refractivity contribution is 5.95. The molecule has 1 N–H and O–H groups in total. The molecule has 0 spiro atoms. The molecule has 0 fully saturated rings. The highest BCUT2D eigenvalue weighted by atomic mass is 16.7. The van der Waals surface area contributed by atoms with E-state index in [0.717, 1.165) is 16.9 Å². The zero-order chi connectivity index (χ0) is 17.4. The molecule has 1 amide bonds. The number of nitrogens with zero attached hydrogens (tertiary/aromatic N) is 1. The lowest BCUT2D eigenvalue weighted by molar-refractivity contribution is 0.0568. The molecule has 0 radical (unpaired) electrons. The van der Waals surface area contributed by atoms with Crippen LogP contribution < -0.4 is 14.2 Å². The first-order chi connectivity index (χ1) is 12.2. The molecule has 6 nitrogen and oxygen atoms in total. The number of hydrogen-bond donors (Lipinski definition) is 1. The van der Waals surface area contributed by atoms with Gasteiger partial charge in [-0.2, -0.15) is 0 Å². The van der Waals surface area contributed by atoms with Crippen LogP contribution in [0.2, 0.25) is 0 Å². The van der Waals surface area contributed by atoms with E-state index in [1.165, 1.54) is 0 Å². The van der Waals surface area contributed by atoms with Gasteiger partial charge in [0.2, 0.25) is 6.79 Å². The van der Waals surface area contributed by atoms with Gasteiger partial charge < -0.3 is 24.2 Å². The van der Waals surface area contributed by atoms with Gasteiger partial charge in [-0.05, 0) is 47.9 Å². The molecule has 0 aliphatic carbocycles. The van der Waals surface area contributed by atoms with Crippen molar-refractivity contribution in [2.45, 2.75) is 12.5 Å². The maximum absolute atomic E-state index is 13.0. The standard InChI is InChI=1S/C19H19NO5/c1-23-14-4-2-3-13(7-14)19(22)20-6-5-12-8-17-18(25-11-24-17)9-15(12)16(20)10-21/h2-4,7-9,16,21H,5-6,10-11H2,1H3. The Kier molecular flexibility index (Phi) is 3.97. The summed E-state index contributed by atoms with van der Waals surface area (Å²) in [5.41, 5.74) is 2.54. The predicted octanol–water partition coefficient (Wildman–Crippen LogP) is 2.16. The van der Waals surface area contributed by atoms with E-state index in [2.05, 4.69) is 0 Å². The minimum Gasteiger partial charge on any atom is -0.497 e. The number of carbonyl (C=O) groups is 1. The van der Waals surface area contributed by atoms with Crippen LogP contribution in [-0.2, 0) is 6.42 Å². The molecule has 2 aromatic carbocycles. The van der Waals surface area contributed by atoms with E-state index in [4.69, 9.17) is 14.2 Å². The Balaban J connectivity index is 1.68. The third kappa shape index (κ3) is 2.68. The van der Waals surface area contributed by atoms with Crippen LogP contribution >= 0.6 is 0 Å². The number of aliphatic hydroxyl groups excluding tert-OH is 1. The lowest BCUT2D eigenvalue weighted by atomic mass is 9.91. The van der Waals surface area contributed by atoms with Crippen molar-refractivity contribution < 1.29 is 24.1 Å². The second kappa shape index (κ2) is 6.29. The van der Waals surface area contributed by atoms with Crippen LogP contribution in [0, 0.1) is 0 Å². The van der Waals surface area contributed by atoms with Crippen molar-refractivity contribution in [3.63, 3.8) is 0 Å². The molecule has 0 bridgehead atoms. The summed E-state index contributed by atoms with van der Waals surface area (Å²) in [6.45, 7) is 0.588. The van der Waals surface area contributed by atoms with Crippen LogP contribution in [0.15, 0.2) is 36.4 Å². The van der Waals surface area contributed by atoms with Gasteiger partial charge in [-0.25, -0.2) is 0 Å². The van der Waals surface area contributed by atoms with E-state index >= 15 is 0 Å². The smallest absolute Gasteiger partial charge is 0.254 e. The minimum atomic E-state index is -0.406. The van der Waals surface area contributed by atoms with E-state index in [1.807, 2.05) is 12.1 Å². The monoisotopic (exact) mass is 341 g/mol. The Bertz CT molecular complexity index is 819. The lowest BCUT2D eigenvalue weighted by Crippen LogP contribution is -2.41. The van der Waals surface area contributed by atoms with Crippen LogP contribution in [0.3, 0.4) is 0 Å². The number of amides is 1. The van der Waals surface area contributed by atoms with Crippen LogP contribution in [-0.4, -0.2) is 43.0 Å². The fourth-order valence-electron chi connectivity index (χ4n) is 3.45. The first-order valence-electron chi connectivity index (χ1n) is 8.19. The van der Waals surface area contributed by atoms with Crippen molar-refractivity contribution in [3.8, 4) is 17.2 Å². The Hall–Kier alpha value is -2.73. The first kappa shape index (κ1) is 15.8. The van der Waals surface area contributed by atoms with Gasteiger partial charge >= 0.3 is 0 Å². The van der Waals surface area contributed by atoms with Crippen molar-refractivity contribution in [3.05, 3.63) is 53.1 Å². The quantitative estimate of drug-likeness (QED) is 0.926. The fourth-order valence-corrected chi connectivity index (χ4v) is 3.45. The Morgan fingerprint density at radius 3 is 2.84 bits per heavy atom. The van der Waals surface area contributed by atoms with E-state index in [9.17, 15) is 9.90 Å². The number of carbonyl (C=O) groups excluding carboxylic acids is 1. The van der Waals surface area contributed by atoms with Crippen molar-refractivity contribution in [1.82, 2.24) is 4.90 Å². The zero-order valence-electron chi connectivity index (χ0n) is 13.9. The molecule has 2 aromatic rings. The van der Waals surface area contributed by atoms with E-state index in [1.54, 1.807) is 36.3 Å². The average molecular weight is 341 g/mol. The van der Waals surface area contributed by atoms with Crippen LogP contribution in [0.4, 0.5) is 0 Å². The molecule has 4 rings (SSSR count). The first-order valence-corrected chi connectivity index (χ1v) is 8.19. The van der Waals surface area contributed by atoms with Gasteiger partial charge in [-0.1, -0.05) is 6.07 Å². The highest BCUT2D eigenvalue weighted by Crippen LogP contribution is 2.40. The second-order valence-electron chi connectivity index (χ2n) is 6.08. The molecule has 0 saturated heterocycles. The lowest BCUT2D eigenvalue weighted by Gasteiger charge is -2.36. The summed E-state index contributed by atoms with van der Waals surface area (Å²) in [6.07, 6.45) is 0.707. The third-order valence-electron chi connectivity index (χ3n) is 4.74. The number of hydrogen-bond acceptors (Lipinski definition) is 5. The molecular formula is C19H19NO5. The van der Waals surface area contributed by atoms with Crippen LogP contribution in [0.25, 0.3) is 0 Å². The van der Waals surface area contributed by atoms with Crippen molar-refractivity contribution >= 4 is 5.91 Å². The van der Waals surface area contributed by atoms with Gasteiger partial charge in [0.25, 0.3) is 5.91 Å². The van der Waals surface area contributed by atoms with Gasteiger partial charge in [0, 0.05) is 12.1 Å². The van der Waals surface area contributed by atoms with Crippen LogP contribution in [0.5, 0.6) is 17.2 Å². The SMILES string of the molecule is COc1cccc(C(=O)N2CCc3cc4c(cc3C2CO)OCO4)c1. The van der Waals surface area contributed by atoms with E-state index in [0.29, 0.717) is 30.0 Å². The summed E-state index contributed by atoms with van der Waals surface area (Å²) in [7, 11) is 1.57. The summed E-state index contributed by atoms with van der Waals surface area (Å²) in [6, 6.07) is 10.5. The molecule has 25 heavy (non-hydrogen) atoms. The number of benzene rings is 2. The molecule has 0 aromatic heterocycles. The molecule has 2 heterocycles. The summed E-state index contributed by atoms with van der Waals surface area (Å²) in [5, 5.41) is 9.96. The van der Waals surface area contributed by atoms with Gasteiger partial charge in [0.05, 0.1) is 19.8 Å².